The topological polar surface area (TPSA) is 78.1 Å². The molecule has 152 valence electrons. The van der Waals surface area contributed by atoms with Crippen LogP contribution in [0.4, 0.5) is 5.69 Å². The Bertz CT molecular complexity index is 799. The minimum atomic E-state index is -0.221. The van der Waals surface area contributed by atoms with E-state index in [9.17, 15) is 0 Å². The number of benzene rings is 2. The van der Waals surface area contributed by atoms with Gasteiger partial charge in [-0.3, -0.25) is 4.99 Å². The van der Waals surface area contributed by atoms with Crippen molar-refractivity contribution in [3.63, 3.8) is 0 Å². The van der Waals surface area contributed by atoms with E-state index in [1.807, 2.05) is 56.3 Å². The maximum Gasteiger partial charge on any atom is 0.193 e. The van der Waals surface area contributed by atoms with Crippen LogP contribution in [-0.4, -0.2) is 32.8 Å². The number of hydrogen-bond donors (Lipinski definition) is 2. The lowest BCUT2D eigenvalue weighted by molar-refractivity contribution is 0.242. The zero-order valence-electron chi connectivity index (χ0n) is 17.6. The lowest BCUT2D eigenvalue weighted by atomic mass is 9.84. The van der Waals surface area contributed by atoms with Gasteiger partial charge >= 0.3 is 0 Å². The summed E-state index contributed by atoms with van der Waals surface area (Å²) in [6.45, 7) is 8.75. The molecule has 2 aromatic carbocycles. The molecule has 0 aliphatic carbocycles. The van der Waals surface area contributed by atoms with Crippen molar-refractivity contribution in [2.45, 2.75) is 39.2 Å². The molecule has 0 aliphatic heterocycles. The van der Waals surface area contributed by atoms with Gasteiger partial charge in [-0.05, 0) is 55.8 Å². The molecule has 0 bridgehead atoms. The normalized spacial score (nSPS) is 12.0. The molecule has 0 aliphatic rings. The lowest BCUT2D eigenvalue weighted by Crippen LogP contribution is -2.27. The zero-order chi connectivity index (χ0) is 20.7. The Hall–Kier alpha value is -2.89. The highest BCUT2D eigenvalue weighted by Crippen LogP contribution is 2.33. The third kappa shape index (κ3) is 5.81. The first-order chi connectivity index (χ1) is 13.2. The molecule has 0 amide bonds. The largest absolute Gasteiger partial charge is 0.493 e. The molecule has 0 radical (unpaired) electrons. The van der Waals surface area contributed by atoms with E-state index in [-0.39, 0.29) is 11.5 Å². The van der Waals surface area contributed by atoms with Gasteiger partial charge in [0.25, 0.3) is 0 Å². The predicted octanol–water partition coefficient (Wildman–Crippen LogP) is 4.20. The predicted molar refractivity (Wildman–Crippen MR) is 115 cm³/mol. The Morgan fingerprint density at radius 3 is 2.25 bits per heavy atom. The fraction of sp³-hybridized carbons (Fsp3) is 0.409. The highest BCUT2D eigenvalue weighted by molar-refractivity contribution is 5.92. The number of anilines is 1. The summed E-state index contributed by atoms with van der Waals surface area (Å²) in [5.74, 6) is 2.60. The number of aliphatic imine (C=N–C) groups is 1. The lowest BCUT2D eigenvalue weighted by Gasteiger charge is -2.24. The van der Waals surface area contributed by atoms with Gasteiger partial charge in [0.1, 0.15) is 5.75 Å². The van der Waals surface area contributed by atoms with Gasteiger partial charge in [-0.15, -0.1) is 0 Å². The Labute approximate surface area is 167 Å². The van der Waals surface area contributed by atoms with Crippen LogP contribution in [0.1, 0.15) is 33.3 Å². The fourth-order valence-corrected chi connectivity index (χ4v) is 2.71. The van der Waals surface area contributed by atoms with Crippen LogP contribution in [0.3, 0.4) is 0 Å². The molecule has 0 unspecified atom stereocenters. The van der Waals surface area contributed by atoms with Crippen LogP contribution in [0.25, 0.3) is 0 Å². The van der Waals surface area contributed by atoms with Gasteiger partial charge < -0.3 is 25.3 Å². The first-order valence-corrected chi connectivity index (χ1v) is 9.31. The van der Waals surface area contributed by atoms with Gasteiger partial charge in [-0.25, -0.2) is 0 Å². The van der Waals surface area contributed by atoms with E-state index < -0.39 is 0 Å². The molecule has 0 heterocycles. The minimum Gasteiger partial charge on any atom is -0.493 e. The van der Waals surface area contributed by atoms with Crippen LogP contribution < -0.4 is 25.3 Å². The Kier molecular flexibility index (Phi) is 7.15. The molecule has 2 aromatic rings. The van der Waals surface area contributed by atoms with E-state index in [0.29, 0.717) is 24.0 Å². The summed E-state index contributed by atoms with van der Waals surface area (Å²) in [5.41, 5.74) is 7.81. The van der Waals surface area contributed by atoms with Crippen LogP contribution in [-0.2, 0) is 5.41 Å². The molecule has 0 saturated heterocycles. The molecular formula is C22H31N3O3. The van der Waals surface area contributed by atoms with E-state index >= 15 is 0 Å². The summed E-state index contributed by atoms with van der Waals surface area (Å²) >= 11 is 0. The number of nitrogens with one attached hydrogen (secondary N) is 1. The van der Waals surface area contributed by atoms with Gasteiger partial charge in [-0.1, -0.05) is 19.9 Å². The third-order valence-corrected chi connectivity index (χ3v) is 4.31. The van der Waals surface area contributed by atoms with Gasteiger partial charge in [0.15, 0.2) is 17.5 Å². The molecule has 2 rings (SSSR count). The average molecular weight is 386 g/mol. The van der Waals surface area contributed by atoms with Crippen molar-refractivity contribution in [1.82, 2.24) is 0 Å². The van der Waals surface area contributed by atoms with E-state index in [4.69, 9.17) is 19.9 Å². The van der Waals surface area contributed by atoms with Gasteiger partial charge in [-0.2, -0.15) is 0 Å². The van der Waals surface area contributed by atoms with Gasteiger partial charge in [0.2, 0.25) is 0 Å². The van der Waals surface area contributed by atoms with Crippen molar-refractivity contribution in [2.75, 3.05) is 26.1 Å². The number of nitrogens with two attached hydrogens (primary N) is 1. The van der Waals surface area contributed by atoms with E-state index in [1.165, 1.54) is 0 Å². The second kappa shape index (κ2) is 9.35. The number of methoxy groups -OCH3 is 2. The van der Waals surface area contributed by atoms with Crippen LogP contribution in [0.2, 0.25) is 0 Å². The van der Waals surface area contributed by atoms with Crippen LogP contribution in [0, 0.1) is 0 Å². The summed E-state index contributed by atoms with van der Waals surface area (Å²) in [4.78, 5) is 4.52. The Morgan fingerprint density at radius 2 is 1.68 bits per heavy atom. The monoisotopic (exact) mass is 385 g/mol. The Balaban J connectivity index is 2.04. The van der Waals surface area contributed by atoms with Crippen molar-refractivity contribution >= 4 is 11.6 Å². The van der Waals surface area contributed by atoms with Gasteiger partial charge in [0.05, 0.1) is 26.9 Å². The quantitative estimate of drug-likeness (QED) is 0.526. The zero-order valence-corrected chi connectivity index (χ0v) is 17.6. The molecule has 0 aromatic heterocycles. The van der Waals surface area contributed by atoms with E-state index in [1.54, 1.807) is 14.2 Å². The number of guanidine groups is 1. The summed E-state index contributed by atoms with van der Waals surface area (Å²) in [7, 11) is 3.26. The van der Waals surface area contributed by atoms with Crippen LogP contribution in [0.15, 0.2) is 47.5 Å². The van der Waals surface area contributed by atoms with Crippen LogP contribution >= 0.6 is 0 Å². The van der Waals surface area contributed by atoms with Crippen molar-refractivity contribution in [3.8, 4) is 17.2 Å². The number of ether oxygens (including phenoxy) is 3. The molecule has 3 N–H and O–H groups in total. The van der Waals surface area contributed by atoms with Crippen molar-refractivity contribution in [3.05, 3.63) is 48.0 Å². The van der Waals surface area contributed by atoms with Crippen molar-refractivity contribution in [1.29, 1.82) is 0 Å². The summed E-state index contributed by atoms with van der Waals surface area (Å²) in [6, 6.07) is 13.5. The first-order valence-electron chi connectivity index (χ1n) is 9.31. The smallest absolute Gasteiger partial charge is 0.193 e. The molecule has 0 spiro atoms. The number of hydrogen-bond acceptors (Lipinski definition) is 4. The SMILES string of the molecule is COc1ccc(C(C)(C)CN=C(N)Nc2ccc(OC(C)C)cc2)cc1OC. The van der Waals surface area contributed by atoms with Crippen LogP contribution in [0.5, 0.6) is 17.2 Å². The maximum atomic E-state index is 6.07. The third-order valence-electron chi connectivity index (χ3n) is 4.31. The summed E-state index contributed by atoms with van der Waals surface area (Å²) < 4.78 is 16.4. The maximum absolute atomic E-state index is 6.07. The standard InChI is InChI=1S/C22H31N3O3/c1-15(2)28-18-10-8-17(9-11-18)25-21(23)24-14-22(3,4)16-7-12-19(26-5)20(13-16)27-6/h7-13,15H,14H2,1-6H3,(H3,23,24,25). The Morgan fingerprint density at radius 1 is 1.04 bits per heavy atom. The summed E-state index contributed by atoms with van der Waals surface area (Å²) in [6.07, 6.45) is 0.143. The summed E-state index contributed by atoms with van der Waals surface area (Å²) in [5, 5.41) is 3.11. The number of rotatable bonds is 8. The molecule has 6 heteroatoms. The highest BCUT2D eigenvalue weighted by atomic mass is 16.5. The molecule has 0 atom stereocenters. The van der Waals surface area contributed by atoms with E-state index in [0.717, 1.165) is 17.0 Å². The minimum absolute atomic E-state index is 0.143. The van der Waals surface area contributed by atoms with Crippen molar-refractivity contribution in [2.24, 2.45) is 10.7 Å². The average Bonchev–Trinajstić information content (AvgIpc) is 2.67. The number of nitrogens with zero attached hydrogens (tertiary/aromatic N) is 1. The molecule has 0 fully saturated rings. The molecule has 6 nitrogen and oxygen atoms in total. The van der Waals surface area contributed by atoms with E-state index in [2.05, 4.69) is 24.2 Å². The fourth-order valence-electron chi connectivity index (χ4n) is 2.71. The highest BCUT2D eigenvalue weighted by Gasteiger charge is 2.22. The molecule has 28 heavy (non-hydrogen) atoms. The first kappa shape index (κ1) is 21.4. The second-order valence-corrected chi connectivity index (χ2v) is 7.47. The van der Waals surface area contributed by atoms with Gasteiger partial charge in [0, 0.05) is 11.1 Å². The molecule has 0 saturated carbocycles. The molecular weight excluding hydrogens is 354 g/mol. The second-order valence-electron chi connectivity index (χ2n) is 7.47. The van der Waals surface area contributed by atoms with Crippen molar-refractivity contribution < 1.29 is 14.2 Å².